The lowest BCUT2D eigenvalue weighted by Crippen LogP contribution is -2.66. The van der Waals surface area contributed by atoms with Crippen molar-refractivity contribution in [3.05, 3.63) is 0 Å². The highest BCUT2D eigenvalue weighted by Crippen LogP contribution is 2.75. The molecule has 0 bridgehead atoms. The summed E-state index contributed by atoms with van der Waals surface area (Å²) in [4.78, 5) is 25.5. The van der Waals surface area contributed by atoms with Crippen molar-refractivity contribution in [3.63, 3.8) is 0 Å². The van der Waals surface area contributed by atoms with E-state index in [0.29, 0.717) is 32.1 Å². The zero-order chi connectivity index (χ0) is 19.2. The van der Waals surface area contributed by atoms with Crippen LogP contribution in [0.1, 0.15) is 78.6 Å². The highest BCUT2D eigenvalue weighted by molar-refractivity contribution is 5.90. The maximum atomic E-state index is 12.8. The van der Waals surface area contributed by atoms with Crippen LogP contribution in [0.15, 0.2) is 0 Å². The lowest BCUT2D eigenvalue weighted by Gasteiger charge is -2.50. The maximum absolute atomic E-state index is 12.8. The fourth-order valence-electron chi connectivity index (χ4n) is 5.67. The van der Waals surface area contributed by atoms with Gasteiger partial charge in [-0.2, -0.15) is 0 Å². The number of hydrogen-bond acceptors (Lipinski definition) is 4. The second-order valence-electron chi connectivity index (χ2n) is 8.25. The Kier molecular flexibility index (Phi) is 5.12. The van der Waals surface area contributed by atoms with Crippen molar-refractivity contribution in [2.75, 3.05) is 0 Å². The third kappa shape index (κ3) is 2.30. The quantitative estimate of drug-likeness (QED) is 0.540. The molecule has 2 heterocycles. The van der Waals surface area contributed by atoms with Crippen LogP contribution >= 0.6 is 0 Å². The Morgan fingerprint density at radius 1 is 0.846 bits per heavy atom. The molecule has 2 N–H and O–H groups in total. The van der Waals surface area contributed by atoms with Gasteiger partial charge in [-0.05, 0) is 19.3 Å². The Labute approximate surface area is 155 Å². The summed E-state index contributed by atoms with van der Waals surface area (Å²) in [5.41, 5.74) is -3.72. The minimum absolute atomic E-state index is 0.256. The Morgan fingerprint density at radius 3 is 1.96 bits per heavy atom. The van der Waals surface area contributed by atoms with Gasteiger partial charge in [0, 0.05) is 0 Å². The molecule has 0 aromatic rings. The Morgan fingerprint density at radius 2 is 1.42 bits per heavy atom. The van der Waals surface area contributed by atoms with Crippen LogP contribution in [0.2, 0.25) is 0 Å². The Bertz CT molecular complexity index is 577. The predicted octanol–water partition coefficient (Wildman–Crippen LogP) is 3.62. The number of rotatable bonds is 11. The van der Waals surface area contributed by atoms with Crippen LogP contribution < -0.4 is 0 Å². The number of carboxylic acids is 2. The first kappa shape index (κ1) is 19.6. The summed E-state index contributed by atoms with van der Waals surface area (Å²) < 4.78 is 11.9. The molecule has 6 atom stereocenters. The second kappa shape index (κ2) is 6.79. The van der Waals surface area contributed by atoms with E-state index in [1.165, 1.54) is 0 Å². The van der Waals surface area contributed by atoms with Gasteiger partial charge in [0.15, 0.2) is 0 Å². The molecule has 6 heteroatoms. The van der Waals surface area contributed by atoms with Crippen LogP contribution in [0.3, 0.4) is 0 Å². The molecule has 2 saturated heterocycles. The summed E-state index contributed by atoms with van der Waals surface area (Å²) in [6.45, 7) is 6.07. The second-order valence-corrected chi connectivity index (χ2v) is 8.25. The maximum Gasteiger partial charge on any atom is 0.313 e. The van der Waals surface area contributed by atoms with E-state index in [9.17, 15) is 19.8 Å². The molecule has 1 aliphatic carbocycles. The van der Waals surface area contributed by atoms with E-state index in [-0.39, 0.29) is 12.2 Å². The third-order valence-corrected chi connectivity index (χ3v) is 7.01. The van der Waals surface area contributed by atoms with Crippen molar-refractivity contribution in [1.82, 2.24) is 0 Å². The van der Waals surface area contributed by atoms with E-state index in [1.807, 2.05) is 13.8 Å². The van der Waals surface area contributed by atoms with Crippen molar-refractivity contribution in [3.8, 4) is 0 Å². The highest BCUT2D eigenvalue weighted by atomic mass is 16.7. The molecule has 6 nitrogen and oxygen atoms in total. The van der Waals surface area contributed by atoms with Crippen LogP contribution in [0.4, 0.5) is 0 Å². The average Bonchev–Trinajstić information content (AvgIpc) is 3.49. The lowest BCUT2D eigenvalue weighted by atomic mass is 9.47. The van der Waals surface area contributed by atoms with E-state index in [2.05, 4.69) is 6.92 Å². The number of carboxylic acid groups (broad SMARTS) is 2. The van der Waals surface area contributed by atoms with Gasteiger partial charge in [-0.15, -0.1) is 0 Å². The van der Waals surface area contributed by atoms with Gasteiger partial charge in [0.2, 0.25) is 0 Å². The number of fused-ring (bicyclic) bond motifs is 3. The Hall–Kier alpha value is -1.14. The van der Waals surface area contributed by atoms with Crippen molar-refractivity contribution < 1.29 is 29.3 Å². The normalized spacial score (nSPS) is 42.7. The third-order valence-electron chi connectivity index (χ3n) is 7.01. The lowest BCUT2D eigenvalue weighted by molar-refractivity contribution is -0.190. The van der Waals surface area contributed by atoms with Gasteiger partial charge >= 0.3 is 11.9 Å². The van der Waals surface area contributed by atoms with Crippen molar-refractivity contribution >= 4 is 11.9 Å². The number of hydrogen-bond donors (Lipinski definition) is 2. The zero-order valence-corrected chi connectivity index (χ0v) is 16.1. The first-order valence-electron chi connectivity index (χ1n) is 10.2. The van der Waals surface area contributed by atoms with E-state index in [4.69, 9.17) is 9.47 Å². The molecule has 0 aromatic heterocycles. The van der Waals surface area contributed by atoms with E-state index >= 15 is 0 Å². The minimum Gasteiger partial charge on any atom is -0.481 e. The molecular formula is C20H32O6. The molecule has 6 unspecified atom stereocenters. The van der Waals surface area contributed by atoms with Gasteiger partial charge in [0.25, 0.3) is 0 Å². The van der Waals surface area contributed by atoms with Gasteiger partial charge in [-0.25, -0.2) is 0 Å². The fraction of sp³-hybridized carbons (Fsp3) is 0.900. The van der Waals surface area contributed by atoms with Gasteiger partial charge in [-0.3, -0.25) is 9.59 Å². The first-order chi connectivity index (χ1) is 12.4. The number of ether oxygens (including phenoxy) is 2. The molecule has 3 rings (SSSR count). The van der Waals surface area contributed by atoms with E-state index in [0.717, 1.165) is 25.7 Å². The van der Waals surface area contributed by atoms with E-state index < -0.39 is 34.5 Å². The van der Waals surface area contributed by atoms with Crippen LogP contribution in [-0.4, -0.2) is 46.1 Å². The summed E-state index contributed by atoms with van der Waals surface area (Å²) in [6.07, 6.45) is 4.95. The monoisotopic (exact) mass is 368 g/mol. The zero-order valence-electron chi connectivity index (χ0n) is 16.1. The molecule has 0 spiro atoms. The topological polar surface area (TPSA) is 99.7 Å². The first-order valence-corrected chi connectivity index (χ1v) is 10.2. The predicted molar refractivity (Wildman–Crippen MR) is 95.0 cm³/mol. The minimum atomic E-state index is -1.42. The summed E-state index contributed by atoms with van der Waals surface area (Å²) in [6, 6.07) is 0. The molecular weight excluding hydrogens is 336 g/mol. The highest BCUT2D eigenvalue weighted by Gasteiger charge is 2.91. The van der Waals surface area contributed by atoms with Crippen LogP contribution in [-0.2, 0) is 19.1 Å². The van der Waals surface area contributed by atoms with Crippen molar-refractivity contribution in [1.29, 1.82) is 0 Å². The summed E-state index contributed by atoms with van der Waals surface area (Å²) >= 11 is 0. The molecule has 0 amide bonds. The van der Waals surface area contributed by atoms with Gasteiger partial charge in [0.1, 0.15) is 34.7 Å². The largest absolute Gasteiger partial charge is 0.481 e. The van der Waals surface area contributed by atoms with Gasteiger partial charge in [0.05, 0.1) is 0 Å². The number of carbonyl (C=O) groups is 2. The van der Waals surface area contributed by atoms with Gasteiger partial charge in [-0.1, -0.05) is 59.3 Å². The summed E-state index contributed by atoms with van der Waals surface area (Å²) in [5, 5.41) is 20.9. The molecule has 3 fully saturated rings. The van der Waals surface area contributed by atoms with Gasteiger partial charge < -0.3 is 19.7 Å². The van der Waals surface area contributed by atoms with Crippen molar-refractivity contribution in [2.45, 2.75) is 102 Å². The summed E-state index contributed by atoms with van der Waals surface area (Å²) in [7, 11) is 0. The standard InChI is InChI=1S/C20H32O6/c1-4-7-10-18(16(21)22)14-13(25-14)15-20(26-15,12-9-6-3)19(18,17(23)24)11-8-5-2/h13-15H,4-12H2,1-3H3,(H,21,22)(H,23,24). The fourth-order valence-corrected chi connectivity index (χ4v) is 5.67. The molecule has 1 saturated carbocycles. The van der Waals surface area contributed by atoms with Crippen molar-refractivity contribution in [2.24, 2.45) is 10.8 Å². The molecule has 26 heavy (non-hydrogen) atoms. The SMILES string of the molecule is CCCCC12OC1C1OC1C(CCCC)(C(=O)O)C2(CCCC)C(=O)O. The Balaban J connectivity index is 2.16. The molecule has 3 aliphatic rings. The average molecular weight is 368 g/mol. The smallest absolute Gasteiger partial charge is 0.313 e. The number of aliphatic carboxylic acids is 2. The molecule has 2 aliphatic heterocycles. The molecule has 0 radical (unpaired) electrons. The number of epoxide rings is 2. The van der Waals surface area contributed by atoms with Crippen LogP contribution in [0.5, 0.6) is 0 Å². The molecule has 0 aromatic carbocycles. The number of unbranched alkanes of at least 4 members (excludes halogenated alkanes) is 3. The van der Waals surface area contributed by atoms with Crippen LogP contribution in [0.25, 0.3) is 0 Å². The van der Waals surface area contributed by atoms with Crippen LogP contribution in [0, 0.1) is 10.8 Å². The van der Waals surface area contributed by atoms with E-state index in [1.54, 1.807) is 0 Å². The molecule has 148 valence electrons. The summed E-state index contributed by atoms with van der Waals surface area (Å²) in [5.74, 6) is -2.04.